The van der Waals surface area contributed by atoms with E-state index >= 15 is 0 Å². The van der Waals surface area contributed by atoms with Crippen LogP contribution in [0.3, 0.4) is 0 Å². The largest absolute Gasteiger partial charge is 1.00 e. The molecule has 0 fully saturated rings. The van der Waals surface area contributed by atoms with Crippen LogP contribution < -0.4 is 42.3 Å². The van der Waals surface area contributed by atoms with Gasteiger partial charge in [0.05, 0.1) is 21.4 Å². The van der Waals surface area contributed by atoms with Gasteiger partial charge >= 0.3 is 17.1 Å². The fraction of sp³-hybridized carbons (Fsp3) is 0. The SMILES string of the molecule is C1=c2/cccc/c2=N/C=c2/cccc/c2=N\C=c2\cccc\c2=N/C=c2/cccc/c2=N/1.[Cu+]. The molecule has 4 aromatic rings. The molecule has 0 saturated carbocycles. The summed E-state index contributed by atoms with van der Waals surface area (Å²) in [5, 5.41) is 7.14. The van der Waals surface area contributed by atoms with Crippen molar-refractivity contribution in [3.05, 3.63) is 139 Å². The quantitative estimate of drug-likeness (QED) is 0.327. The van der Waals surface area contributed by atoms with Crippen LogP contribution in [0.5, 0.6) is 0 Å². The Morgan fingerprint density at radius 1 is 0.303 bits per heavy atom. The molecule has 0 atom stereocenters. The molecule has 0 spiro atoms. The number of para-hydroxylation sites is 4. The standard InChI is InChI=1S/C28H20N4.Cu/c1-5-13-25-21(9-1)17-29-26-14-6-2-11-23(26)19-31-28-16-8-4-12-24(28)20-32-27-15-7-3-10-22(27)18-30-25;/h1-20H;/q;+1/b21-17-,22-18-,23-19-,24-20-,29-17?,29-26-,30-18?,30-25-,31-19?,31-28+,32-20?,32-27+;. The molecule has 0 aliphatic carbocycles. The average molecular weight is 476 g/mol. The Morgan fingerprint density at radius 3 is 0.758 bits per heavy atom. The predicted molar refractivity (Wildman–Crippen MR) is 127 cm³/mol. The van der Waals surface area contributed by atoms with E-state index in [0.29, 0.717) is 0 Å². The van der Waals surface area contributed by atoms with Gasteiger partial charge in [0, 0.05) is 45.7 Å². The molecule has 0 radical (unpaired) electrons. The van der Waals surface area contributed by atoms with E-state index in [-0.39, 0.29) is 17.1 Å². The third kappa shape index (κ3) is 5.29. The smallest absolute Gasteiger partial charge is 0.256 e. The minimum atomic E-state index is 0. The molecule has 162 valence electrons. The molecule has 0 saturated heterocycles. The molecular formula is C28H20CuN4+. The van der Waals surface area contributed by atoms with Gasteiger partial charge in [-0.05, 0) is 24.3 Å². The summed E-state index contributed by atoms with van der Waals surface area (Å²) in [6, 6.07) is 31.8. The second-order valence-corrected chi connectivity index (χ2v) is 7.27. The molecular weight excluding hydrogens is 456 g/mol. The minimum absolute atomic E-state index is 0. The van der Waals surface area contributed by atoms with Gasteiger partial charge in [-0.2, -0.15) is 0 Å². The van der Waals surface area contributed by atoms with Crippen LogP contribution in [0.4, 0.5) is 0 Å². The van der Waals surface area contributed by atoms with E-state index in [0.717, 1.165) is 42.3 Å². The summed E-state index contributed by atoms with van der Waals surface area (Å²) in [7, 11) is 0. The number of hydrogen-bond donors (Lipinski definition) is 0. The fourth-order valence-electron chi connectivity index (χ4n) is 3.41. The molecule has 5 heteroatoms. The van der Waals surface area contributed by atoms with Crippen LogP contribution in [0, 0.1) is 0 Å². The van der Waals surface area contributed by atoms with Crippen molar-refractivity contribution in [3.8, 4) is 0 Å². The molecule has 0 aromatic heterocycles. The number of nitrogens with zero attached hydrogens (tertiary/aromatic N) is 4. The van der Waals surface area contributed by atoms with Crippen molar-refractivity contribution in [1.29, 1.82) is 0 Å². The molecule has 1 aliphatic heterocycles. The summed E-state index contributed by atoms with van der Waals surface area (Å²) in [6.45, 7) is 0. The summed E-state index contributed by atoms with van der Waals surface area (Å²) < 4.78 is 0. The van der Waals surface area contributed by atoms with Gasteiger partial charge in [0.15, 0.2) is 0 Å². The maximum Gasteiger partial charge on any atom is 1.00 e. The Balaban J connectivity index is 0.00000259. The van der Waals surface area contributed by atoms with E-state index in [4.69, 9.17) is 20.0 Å². The third-order valence-electron chi connectivity index (χ3n) is 5.12. The van der Waals surface area contributed by atoms with Gasteiger partial charge in [-0.1, -0.05) is 72.8 Å². The zero-order valence-electron chi connectivity index (χ0n) is 17.6. The topological polar surface area (TPSA) is 49.4 Å². The van der Waals surface area contributed by atoms with Crippen molar-refractivity contribution < 1.29 is 17.1 Å². The summed E-state index contributed by atoms with van der Waals surface area (Å²) in [5.41, 5.74) is 0. The molecule has 0 bridgehead atoms. The Morgan fingerprint density at radius 2 is 0.515 bits per heavy atom. The van der Waals surface area contributed by atoms with Crippen LogP contribution in [-0.4, -0.2) is 0 Å². The average Bonchev–Trinajstić information content (AvgIpc) is 2.85. The second-order valence-electron chi connectivity index (χ2n) is 7.27. The van der Waals surface area contributed by atoms with E-state index in [9.17, 15) is 0 Å². The molecule has 1 aliphatic rings. The van der Waals surface area contributed by atoms with Gasteiger partial charge in [0.1, 0.15) is 0 Å². The van der Waals surface area contributed by atoms with Gasteiger partial charge in [-0.15, -0.1) is 0 Å². The normalized spacial score (nSPS) is 20.4. The van der Waals surface area contributed by atoms with E-state index in [1.807, 2.05) is 122 Å². The van der Waals surface area contributed by atoms with Crippen molar-refractivity contribution in [2.45, 2.75) is 0 Å². The van der Waals surface area contributed by atoms with E-state index in [1.54, 1.807) is 0 Å². The van der Waals surface area contributed by atoms with Gasteiger partial charge in [0.25, 0.3) is 0 Å². The molecule has 0 amide bonds. The van der Waals surface area contributed by atoms with Gasteiger partial charge in [-0.3, -0.25) is 20.0 Å². The summed E-state index contributed by atoms with van der Waals surface area (Å²) in [4.78, 5) is 19.0. The molecule has 0 unspecified atom stereocenters. The third-order valence-corrected chi connectivity index (χ3v) is 5.12. The maximum atomic E-state index is 4.74. The number of benzene rings is 4. The Hall–Kier alpha value is -3.92. The Bertz CT molecular complexity index is 1390. The minimum Gasteiger partial charge on any atom is -0.256 e. The van der Waals surface area contributed by atoms with Crippen molar-refractivity contribution in [3.63, 3.8) is 0 Å². The van der Waals surface area contributed by atoms with Crippen LogP contribution in [0.25, 0.3) is 24.8 Å². The van der Waals surface area contributed by atoms with Crippen LogP contribution in [0.15, 0.2) is 117 Å². The molecule has 4 nitrogen and oxygen atoms in total. The van der Waals surface area contributed by atoms with Crippen LogP contribution in [0.2, 0.25) is 0 Å². The first-order valence-corrected chi connectivity index (χ1v) is 10.4. The fourth-order valence-corrected chi connectivity index (χ4v) is 3.41. The first kappa shape index (κ1) is 22.3. The van der Waals surface area contributed by atoms with E-state index in [1.165, 1.54) is 0 Å². The Labute approximate surface area is 200 Å². The zero-order valence-corrected chi connectivity index (χ0v) is 18.6. The molecule has 5 rings (SSSR count). The number of fused-ring (bicyclic) bond motifs is 4. The maximum absolute atomic E-state index is 4.74. The first-order valence-electron chi connectivity index (χ1n) is 10.4. The van der Waals surface area contributed by atoms with Gasteiger partial charge in [-0.25, -0.2) is 0 Å². The van der Waals surface area contributed by atoms with Crippen molar-refractivity contribution in [2.24, 2.45) is 20.0 Å². The number of rotatable bonds is 0. The first-order chi connectivity index (χ1) is 15.9. The van der Waals surface area contributed by atoms with Crippen LogP contribution in [0.1, 0.15) is 0 Å². The van der Waals surface area contributed by atoms with E-state index in [2.05, 4.69) is 0 Å². The second kappa shape index (κ2) is 10.6. The zero-order chi connectivity index (χ0) is 21.6. The Kier molecular flexibility index (Phi) is 7.15. The van der Waals surface area contributed by atoms with Gasteiger partial charge < -0.3 is 0 Å². The summed E-state index contributed by atoms with van der Waals surface area (Å²) >= 11 is 0. The van der Waals surface area contributed by atoms with Gasteiger partial charge in [0.2, 0.25) is 0 Å². The summed E-state index contributed by atoms with van der Waals surface area (Å²) in [6.07, 6.45) is 7.40. The summed E-state index contributed by atoms with van der Waals surface area (Å²) in [5.74, 6) is 0. The number of hydrogen-bond acceptors (Lipinski definition) is 4. The van der Waals surface area contributed by atoms with Crippen LogP contribution >= 0.6 is 0 Å². The predicted octanol–water partition coefficient (Wildman–Crippen LogP) is 0.229. The van der Waals surface area contributed by atoms with Crippen molar-refractivity contribution >= 4 is 24.8 Å². The van der Waals surface area contributed by atoms with Crippen molar-refractivity contribution in [1.82, 2.24) is 0 Å². The molecule has 0 N–H and O–H groups in total. The monoisotopic (exact) mass is 475 g/mol. The molecule has 1 heterocycles. The van der Waals surface area contributed by atoms with E-state index < -0.39 is 0 Å². The van der Waals surface area contributed by atoms with Crippen molar-refractivity contribution in [2.75, 3.05) is 0 Å². The molecule has 4 aromatic carbocycles. The van der Waals surface area contributed by atoms with Crippen LogP contribution in [-0.2, 0) is 17.1 Å². The molecule has 33 heavy (non-hydrogen) atoms.